The van der Waals surface area contributed by atoms with Crippen LogP contribution in [0.3, 0.4) is 0 Å². The highest BCUT2D eigenvalue weighted by molar-refractivity contribution is 6.43. The summed E-state index contributed by atoms with van der Waals surface area (Å²) in [6, 6.07) is 18.5. The van der Waals surface area contributed by atoms with E-state index in [-0.39, 0.29) is 5.41 Å². The summed E-state index contributed by atoms with van der Waals surface area (Å²) in [5.74, 6) is 0.887. The van der Waals surface area contributed by atoms with Gasteiger partial charge in [0.25, 0.3) is 0 Å². The predicted molar refractivity (Wildman–Crippen MR) is 137 cm³/mol. The molecule has 0 atom stereocenters. The fraction of sp³-hybridized carbons (Fsp3) is 0.370. The molecule has 0 saturated carbocycles. The van der Waals surface area contributed by atoms with Gasteiger partial charge in [-0.1, -0.05) is 47.5 Å². The van der Waals surface area contributed by atoms with Crippen molar-refractivity contribution in [1.82, 2.24) is 9.88 Å². The maximum absolute atomic E-state index is 6.52. The third kappa shape index (κ3) is 4.21. The van der Waals surface area contributed by atoms with Gasteiger partial charge >= 0.3 is 0 Å². The van der Waals surface area contributed by atoms with E-state index in [1.165, 1.54) is 11.3 Å². The second-order valence-corrected chi connectivity index (χ2v) is 9.92. The summed E-state index contributed by atoms with van der Waals surface area (Å²) in [7, 11) is 2.20. The standard InChI is InChI=1S/C27H29Cl2N3O/c1-3-33-25-10-5-4-7-19(25)22-12-11-20-23(30-22)17-31(2)18-27(20)13-15-32(16-14-27)24-9-6-8-21(28)26(24)29/h4-12H,3,13-18H2,1-2H3. The average Bonchev–Trinajstić information content (AvgIpc) is 2.82. The fourth-order valence-corrected chi connectivity index (χ4v) is 5.88. The first kappa shape index (κ1) is 22.5. The van der Waals surface area contributed by atoms with Crippen LogP contribution in [0.4, 0.5) is 5.69 Å². The predicted octanol–water partition coefficient (Wildman–Crippen LogP) is 6.44. The Morgan fingerprint density at radius 1 is 1.00 bits per heavy atom. The highest BCUT2D eigenvalue weighted by atomic mass is 35.5. The number of fused-ring (bicyclic) bond motifs is 2. The van der Waals surface area contributed by atoms with Crippen LogP contribution >= 0.6 is 23.2 Å². The van der Waals surface area contributed by atoms with E-state index in [2.05, 4.69) is 41.1 Å². The Kier molecular flexibility index (Phi) is 6.26. The van der Waals surface area contributed by atoms with E-state index < -0.39 is 0 Å². The van der Waals surface area contributed by atoms with E-state index >= 15 is 0 Å². The van der Waals surface area contributed by atoms with Crippen LogP contribution in [-0.4, -0.2) is 43.2 Å². The molecule has 6 heteroatoms. The summed E-state index contributed by atoms with van der Waals surface area (Å²) in [5.41, 5.74) is 5.75. The molecule has 0 radical (unpaired) electrons. The van der Waals surface area contributed by atoms with Gasteiger partial charge in [-0.05, 0) is 62.7 Å². The zero-order valence-electron chi connectivity index (χ0n) is 19.2. The SMILES string of the molecule is CCOc1ccccc1-c1ccc2c(n1)CN(C)CC21CCN(c2cccc(Cl)c2Cl)CC1. The summed E-state index contributed by atoms with van der Waals surface area (Å²) < 4.78 is 5.86. The first-order valence-electron chi connectivity index (χ1n) is 11.6. The molecule has 0 aliphatic carbocycles. The van der Waals surface area contributed by atoms with Crippen LogP contribution in [-0.2, 0) is 12.0 Å². The van der Waals surface area contributed by atoms with E-state index in [1.807, 2.05) is 37.3 Å². The third-order valence-electron chi connectivity index (χ3n) is 6.99. The van der Waals surface area contributed by atoms with Crippen LogP contribution in [0, 0.1) is 0 Å². The van der Waals surface area contributed by atoms with Crippen molar-refractivity contribution in [1.29, 1.82) is 0 Å². The number of halogens is 2. The van der Waals surface area contributed by atoms with E-state index in [9.17, 15) is 0 Å². The lowest BCUT2D eigenvalue weighted by molar-refractivity contribution is 0.178. The summed E-state index contributed by atoms with van der Waals surface area (Å²) >= 11 is 12.8. The molecule has 2 aromatic carbocycles. The molecule has 2 aliphatic heterocycles. The molecule has 33 heavy (non-hydrogen) atoms. The highest BCUT2D eigenvalue weighted by Gasteiger charge is 2.42. The summed E-state index contributed by atoms with van der Waals surface area (Å²) in [4.78, 5) is 9.94. The van der Waals surface area contributed by atoms with Crippen molar-refractivity contribution in [2.24, 2.45) is 0 Å². The average molecular weight is 482 g/mol. The third-order valence-corrected chi connectivity index (χ3v) is 7.80. The summed E-state index contributed by atoms with van der Waals surface area (Å²) in [6.07, 6.45) is 2.12. The molecule has 3 heterocycles. The lowest BCUT2D eigenvalue weighted by atomic mass is 9.70. The zero-order valence-corrected chi connectivity index (χ0v) is 20.7. The van der Waals surface area contributed by atoms with Crippen LogP contribution in [0.5, 0.6) is 5.75 Å². The summed E-state index contributed by atoms with van der Waals surface area (Å²) in [5, 5.41) is 1.26. The van der Waals surface area contributed by atoms with E-state index in [0.29, 0.717) is 16.7 Å². The van der Waals surface area contributed by atoms with Gasteiger partial charge in [0.15, 0.2) is 0 Å². The van der Waals surface area contributed by atoms with Crippen LogP contribution in [0.25, 0.3) is 11.3 Å². The smallest absolute Gasteiger partial charge is 0.128 e. The van der Waals surface area contributed by atoms with Crippen molar-refractivity contribution in [3.63, 3.8) is 0 Å². The molecule has 172 valence electrons. The number of likely N-dealkylation sites (N-methyl/N-ethyl adjacent to an activating group) is 1. The molecule has 3 aromatic rings. The molecule has 2 aliphatic rings. The number of para-hydroxylation sites is 1. The van der Waals surface area contributed by atoms with Crippen molar-refractivity contribution in [3.05, 3.63) is 75.9 Å². The lowest BCUT2D eigenvalue weighted by Crippen LogP contribution is -2.51. The molecule has 4 nitrogen and oxygen atoms in total. The van der Waals surface area contributed by atoms with Crippen molar-refractivity contribution in [2.75, 3.05) is 38.2 Å². The van der Waals surface area contributed by atoms with E-state index in [1.54, 1.807) is 0 Å². The molecule has 1 spiro atoms. The van der Waals surface area contributed by atoms with Gasteiger partial charge in [-0.3, -0.25) is 9.88 Å². The van der Waals surface area contributed by atoms with Gasteiger partial charge in [-0.15, -0.1) is 0 Å². The number of hydrogen-bond donors (Lipinski definition) is 0. The first-order valence-corrected chi connectivity index (χ1v) is 12.4. The van der Waals surface area contributed by atoms with Crippen LogP contribution in [0.2, 0.25) is 10.0 Å². The number of hydrogen-bond acceptors (Lipinski definition) is 4. The minimum Gasteiger partial charge on any atom is -0.493 e. The normalized spacial score (nSPS) is 17.8. The number of aromatic nitrogens is 1. The molecule has 0 amide bonds. The Hall–Kier alpha value is -2.27. The van der Waals surface area contributed by atoms with E-state index in [0.717, 1.165) is 61.7 Å². The molecule has 1 aromatic heterocycles. The number of rotatable bonds is 4. The maximum Gasteiger partial charge on any atom is 0.128 e. The second kappa shape index (κ2) is 9.17. The van der Waals surface area contributed by atoms with Crippen molar-refractivity contribution >= 4 is 28.9 Å². The van der Waals surface area contributed by atoms with Crippen LogP contribution < -0.4 is 9.64 Å². The topological polar surface area (TPSA) is 28.6 Å². The molecular formula is C27H29Cl2N3O. The van der Waals surface area contributed by atoms with Crippen molar-refractivity contribution < 1.29 is 4.74 Å². The minimum absolute atomic E-state index is 0.106. The van der Waals surface area contributed by atoms with Gasteiger partial charge in [0.2, 0.25) is 0 Å². The highest BCUT2D eigenvalue weighted by Crippen LogP contribution is 2.44. The van der Waals surface area contributed by atoms with E-state index in [4.69, 9.17) is 32.9 Å². The van der Waals surface area contributed by atoms with Crippen molar-refractivity contribution in [2.45, 2.75) is 31.7 Å². The molecule has 0 bridgehead atoms. The van der Waals surface area contributed by atoms with Gasteiger partial charge < -0.3 is 9.64 Å². The second-order valence-electron chi connectivity index (χ2n) is 9.13. The van der Waals surface area contributed by atoms with Crippen LogP contribution in [0.15, 0.2) is 54.6 Å². The first-order chi connectivity index (χ1) is 16.0. The molecule has 5 rings (SSSR count). The molecule has 1 fully saturated rings. The number of nitrogens with zero attached hydrogens (tertiary/aromatic N) is 3. The number of benzene rings is 2. The Labute approximate surface area is 206 Å². The maximum atomic E-state index is 6.52. The van der Waals surface area contributed by atoms with Gasteiger partial charge in [0, 0.05) is 37.2 Å². The Morgan fingerprint density at radius 2 is 1.79 bits per heavy atom. The Balaban J connectivity index is 1.45. The number of ether oxygens (including phenoxy) is 1. The van der Waals surface area contributed by atoms with Gasteiger partial charge in [0.1, 0.15) is 5.75 Å². The fourth-order valence-electron chi connectivity index (χ4n) is 5.47. The lowest BCUT2D eigenvalue weighted by Gasteiger charge is -2.48. The summed E-state index contributed by atoms with van der Waals surface area (Å²) in [6.45, 7) is 6.46. The van der Waals surface area contributed by atoms with Gasteiger partial charge in [-0.2, -0.15) is 0 Å². The van der Waals surface area contributed by atoms with Crippen molar-refractivity contribution in [3.8, 4) is 17.0 Å². The van der Waals surface area contributed by atoms with Gasteiger partial charge in [0.05, 0.1) is 33.7 Å². The number of pyridine rings is 1. The minimum atomic E-state index is 0.106. The molecule has 1 saturated heterocycles. The molecule has 0 unspecified atom stereocenters. The monoisotopic (exact) mass is 481 g/mol. The zero-order chi connectivity index (χ0) is 23.0. The Morgan fingerprint density at radius 3 is 2.58 bits per heavy atom. The van der Waals surface area contributed by atoms with Crippen LogP contribution in [0.1, 0.15) is 31.0 Å². The quantitative estimate of drug-likeness (QED) is 0.428. The largest absolute Gasteiger partial charge is 0.493 e. The van der Waals surface area contributed by atoms with Gasteiger partial charge in [-0.25, -0.2) is 0 Å². The Bertz CT molecular complexity index is 1160. The molecular weight excluding hydrogens is 453 g/mol. The number of piperidine rings is 1. The molecule has 0 N–H and O–H groups in total. The number of anilines is 1.